The third-order valence-corrected chi connectivity index (χ3v) is 8.56. The summed E-state index contributed by atoms with van der Waals surface area (Å²) in [5.41, 5.74) is 0.641. The van der Waals surface area contributed by atoms with Crippen LogP contribution >= 0.6 is 0 Å². The van der Waals surface area contributed by atoms with Crippen molar-refractivity contribution in [2.45, 2.75) is 23.7 Å². The van der Waals surface area contributed by atoms with Gasteiger partial charge in [-0.2, -0.15) is 0 Å². The first-order valence-electron chi connectivity index (χ1n) is 12.1. The van der Waals surface area contributed by atoms with Crippen LogP contribution in [-0.4, -0.2) is 87.2 Å². The zero-order chi connectivity index (χ0) is 26.2. The topological polar surface area (TPSA) is 131 Å². The number of carbonyl (C=O) groups is 1. The monoisotopic (exact) mass is 530 g/mol. The maximum atomic E-state index is 13.4. The second-order valence-corrected chi connectivity index (χ2v) is 11.1. The van der Waals surface area contributed by atoms with Crippen LogP contribution < -0.4 is 14.8 Å². The molecule has 0 bridgehead atoms. The van der Waals surface area contributed by atoms with Crippen molar-refractivity contribution in [2.24, 2.45) is 0 Å². The van der Waals surface area contributed by atoms with Crippen LogP contribution in [0.15, 0.2) is 41.1 Å². The summed E-state index contributed by atoms with van der Waals surface area (Å²) in [7, 11) is -1.53. The molecule has 3 heterocycles. The molecule has 11 nitrogen and oxygen atoms in total. The summed E-state index contributed by atoms with van der Waals surface area (Å²) in [5, 5.41) is 13.6. The molecule has 5 rings (SSSR count). The number of morpholine rings is 1. The fourth-order valence-corrected chi connectivity index (χ4v) is 5.82. The zero-order valence-corrected chi connectivity index (χ0v) is 21.6. The molecule has 0 spiro atoms. The Morgan fingerprint density at radius 3 is 2.62 bits per heavy atom. The normalized spacial score (nSPS) is 19.4. The van der Waals surface area contributed by atoms with Gasteiger partial charge in [-0.05, 0) is 36.5 Å². The number of amides is 1. The highest BCUT2D eigenvalue weighted by Crippen LogP contribution is 2.42. The second-order valence-electron chi connectivity index (χ2n) is 9.18. The van der Waals surface area contributed by atoms with Crippen molar-refractivity contribution < 1.29 is 32.5 Å². The number of methoxy groups -OCH3 is 1. The molecule has 0 atom stereocenters. The van der Waals surface area contributed by atoms with E-state index >= 15 is 0 Å². The molecule has 1 aromatic carbocycles. The van der Waals surface area contributed by atoms with Crippen molar-refractivity contribution in [3.05, 3.63) is 47.3 Å². The minimum absolute atomic E-state index is 0.0438. The van der Waals surface area contributed by atoms with E-state index in [1.54, 1.807) is 12.3 Å². The van der Waals surface area contributed by atoms with Crippen molar-refractivity contribution in [3.8, 4) is 11.5 Å². The Kier molecular flexibility index (Phi) is 6.97. The molecule has 12 heteroatoms. The van der Waals surface area contributed by atoms with E-state index in [0.29, 0.717) is 32.3 Å². The molecule has 1 saturated carbocycles. The quantitative estimate of drug-likeness (QED) is 0.527. The van der Waals surface area contributed by atoms with Gasteiger partial charge < -0.3 is 24.6 Å². The molecular weight excluding hydrogens is 500 g/mol. The molecular formula is C25H30N4O7S. The van der Waals surface area contributed by atoms with Crippen molar-refractivity contribution in [1.82, 2.24) is 14.2 Å². The number of likely N-dealkylation sites (N-methyl/N-ethyl adjacent to an activating group) is 1. The second kappa shape index (κ2) is 10.2. The summed E-state index contributed by atoms with van der Waals surface area (Å²) in [6.07, 6.45) is 3.95. The molecule has 1 saturated heterocycles. The van der Waals surface area contributed by atoms with Gasteiger partial charge in [-0.15, -0.1) is 0 Å². The maximum absolute atomic E-state index is 13.4. The molecule has 2 N–H and O–H groups in total. The van der Waals surface area contributed by atoms with Gasteiger partial charge in [0.1, 0.15) is 17.3 Å². The number of benzene rings is 1. The van der Waals surface area contributed by atoms with Crippen LogP contribution in [-0.2, 0) is 19.6 Å². The molecule has 2 fully saturated rings. The fraction of sp³-hybridized carbons (Fsp3) is 0.440. The predicted molar refractivity (Wildman–Crippen MR) is 135 cm³/mol. The number of nitrogens with one attached hydrogen (secondary N) is 1. The summed E-state index contributed by atoms with van der Waals surface area (Å²) in [6.45, 7) is 3.88. The maximum Gasteiger partial charge on any atom is 0.277 e. The molecule has 1 aliphatic carbocycles. The number of ether oxygens (including phenoxy) is 3. The van der Waals surface area contributed by atoms with E-state index in [2.05, 4.69) is 15.2 Å². The van der Waals surface area contributed by atoms with Gasteiger partial charge in [-0.25, -0.2) is 13.4 Å². The minimum Gasteiger partial charge on any atom is -0.505 e. The number of anilines is 1. The standard InChI is InChI=1S/C25H30N4O7S/c1-28-23(25(31)27-22-6-5-17(15-26-22)16-3-4-16)24(30)18-13-19(34-2)20(14-21(18)37(28,32)33)36-12-9-29-7-10-35-11-8-29/h5-6,13-16,30H,3-4,7-12H2,1-2H3,(H,26,27,31). The number of aliphatic hydroxyl groups is 1. The number of fused-ring (bicyclic) bond motifs is 1. The van der Waals surface area contributed by atoms with Gasteiger partial charge in [0.15, 0.2) is 23.0 Å². The Balaban J connectivity index is 1.40. The molecule has 37 heavy (non-hydrogen) atoms. The van der Waals surface area contributed by atoms with E-state index in [-0.39, 0.29) is 27.8 Å². The first-order valence-corrected chi connectivity index (χ1v) is 13.6. The minimum atomic E-state index is -4.17. The number of carbonyl (C=O) groups excluding carboxylic acids is 1. The highest BCUT2D eigenvalue weighted by Gasteiger charge is 2.39. The number of aromatic nitrogens is 1. The third kappa shape index (κ3) is 5.09. The van der Waals surface area contributed by atoms with Crippen molar-refractivity contribution in [2.75, 3.05) is 58.9 Å². The van der Waals surface area contributed by atoms with Crippen molar-refractivity contribution in [1.29, 1.82) is 0 Å². The summed E-state index contributed by atoms with van der Waals surface area (Å²) < 4.78 is 44.2. The van der Waals surface area contributed by atoms with Gasteiger partial charge in [-0.3, -0.25) is 14.0 Å². The molecule has 2 aromatic rings. The van der Waals surface area contributed by atoms with Crippen LogP contribution in [0.4, 0.5) is 5.82 Å². The van der Waals surface area contributed by atoms with Crippen LogP contribution in [0.3, 0.4) is 0 Å². The smallest absolute Gasteiger partial charge is 0.277 e. The van der Waals surface area contributed by atoms with E-state index in [4.69, 9.17) is 14.2 Å². The summed E-state index contributed by atoms with van der Waals surface area (Å²) >= 11 is 0. The van der Waals surface area contributed by atoms with E-state index in [0.717, 1.165) is 35.8 Å². The Morgan fingerprint density at radius 1 is 1.22 bits per heavy atom. The average molecular weight is 531 g/mol. The SMILES string of the molecule is COc1cc2c(cc1OCCN1CCOCC1)S(=O)(=O)N(C)C(C(=O)Nc1ccc(C3CC3)cn1)=C2O. The lowest BCUT2D eigenvalue weighted by Gasteiger charge is -2.29. The Morgan fingerprint density at radius 2 is 1.97 bits per heavy atom. The Hall–Kier alpha value is -3.35. The van der Waals surface area contributed by atoms with Crippen molar-refractivity contribution in [3.63, 3.8) is 0 Å². The number of hydrogen-bond donors (Lipinski definition) is 2. The van der Waals surface area contributed by atoms with Gasteiger partial charge in [0.2, 0.25) is 0 Å². The van der Waals surface area contributed by atoms with E-state index < -0.39 is 27.4 Å². The van der Waals surface area contributed by atoms with Crippen LogP contribution in [0.1, 0.15) is 29.9 Å². The zero-order valence-electron chi connectivity index (χ0n) is 20.8. The summed E-state index contributed by atoms with van der Waals surface area (Å²) in [4.78, 5) is 19.3. The number of pyridine rings is 1. The van der Waals surface area contributed by atoms with Crippen LogP contribution in [0, 0.1) is 0 Å². The van der Waals surface area contributed by atoms with Crippen molar-refractivity contribution >= 4 is 27.5 Å². The summed E-state index contributed by atoms with van der Waals surface area (Å²) in [5.74, 6) is -0.0502. The molecule has 0 unspecified atom stereocenters. The molecule has 3 aliphatic rings. The molecule has 198 valence electrons. The lowest BCUT2D eigenvalue weighted by Crippen LogP contribution is -2.38. The highest BCUT2D eigenvalue weighted by molar-refractivity contribution is 7.89. The summed E-state index contributed by atoms with van der Waals surface area (Å²) in [6, 6.07) is 6.24. The van der Waals surface area contributed by atoms with Crippen LogP contribution in [0.2, 0.25) is 0 Å². The van der Waals surface area contributed by atoms with Crippen LogP contribution in [0.25, 0.3) is 5.76 Å². The van der Waals surface area contributed by atoms with E-state index in [1.807, 2.05) is 6.07 Å². The molecule has 1 aromatic heterocycles. The first-order chi connectivity index (χ1) is 17.8. The Labute approximate surface area is 215 Å². The molecule has 1 amide bonds. The number of sulfonamides is 1. The van der Waals surface area contributed by atoms with Gasteiger partial charge in [0.05, 0.1) is 20.3 Å². The van der Waals surface area contributed by atoms with Gasteiger partial charge >= 0.3 is 0 Å². The van der Waals surface area contributed by atoms with Crippen LogP contribution in [0.5, 0.6) is 11.5 Å². The number of rotatable bonds is 8. The first kappa shape index (κ1) is 25.3. The predicted octanol–water partition coefficient (Wildman–Crippen LogP) is 2.18. The third-order valence-electron chi connectivity index (χ3n) is 6.76. The van der Waals surface area contributed by atoms with Gasteiger partial charge in [0, 0.05) is 44.5 Å². The number of nitrogens with zero attached hydrogens (tertiary/aromatic N) is 3. The van der Waals surface area contributed by atoms with Gasteiger partial charge in [-0.1, -0.05) is 6.07 Å². The number of aliphatic hydroxyl groups excluding tert-OH is 1. The fourth-order valence-electron chi connectivity index (χ4n) is 4.43. The average Bonchev–Trinajstić information content (AvgIpc) is 3.74. The van der Waals surface area contributed by atoms with E-state index in [9.17, 15) is 18.3 Å². The Bertz CT molecular complexity index is 1320. The number of hydrogen-bond acceptors (Lipinski definition) is 9. The molecule has 0 radical (unpaired) electrons. The molecule has 2 aliphatic heterocycles. The largest absolute Gasteiger partial charge is 0.505 e. The van der Waals surface area contributed by atoms with Gasteiger partial charge in [0.25, 0.3) is 15.9 Å². The lowest BCUT2D eigenvalue weighted by atomic mass is 10.1. The lowest BCUT2D eigenvalue weighted by molar-refractivity contribution is -0.113. The highest BCUT2D eigenvalue weighted by atomic mass is 32.2. The van der Waals surface area contributed by atoms with E-state index in [1.165, 1.54) is 26.3 Å².